The fraction of sp³-hybridized carbons (Fsp3) is 0.591. The highest BCUT2D eigenvalue weighted by Gasteiger charge is 2.25. The van der Waals surface area contributed by atoms with Crippen molar-refractivity contribution in [3.05, 3.63) is 29.6 Å². The molecule has 0 bridgehead atoms. The van der Waals surface area contributed by atoms with Crippen LogP contribution < -0.4 is 10.1 Å². The van der Waals surface area contributed by atoms with E-state index < -0.39 is 0 Å². The average molecular weight is 421 g/mol. The molecule has 1 N–H and O–H groups in total. The summed E-state index contributed by atoms with van der Waals surface area (Å²) >= 11 is 5.55. The van der Waals surface area contributed by atoms with Crippen molar-refractivity contribution in [2.75, 3.05) is 19.7 Å². The fourth-order valence-electron chi connectivity index (χ4n) is 3.46. The summed E-state index contributed by atoms with van der Waals surface area (Å²) in [7, 11) is 0. The third-order valence-corrected chi connectivity index (χ3v) is 5.85. The molecule has 3 rings (SSSR count). The van der Waals surface area contributed by atoms with E-state index in [-0.39, 0.29) is 30.2 Å². The number of rotatable bonds is 12. The van der Waals surface area contributed by atoms with Crippen molar-refractivity contribution >= 4 is 29.0 Å². The molecule has 1 aliphatic heterocycles. The van der Waals surface area contributed by atoms with Gasteiger partial charge < -0.3 is 9.64 Å². The Labute approximate surface area is 177 Å². The van der Waals surface area contributed by atoms with Crippen LogP contribution in [0, 0.1) is 11.7 Å². The number of hydrogen-bond donors (Lipinski definition) is 1. The molecule has 1 aliphatic carbocycles. The van der Waals surface area contributed by atoms with E-state index in [1.54, 1.807) is 4.90 Å². The van der Waals surface area contributed by atoms with Crippen molar-refractivity contribution in [2.24, 2.45) is 5.92 Å². The molecule has 0 aromatic heterocycles. The first-order valence-corrected chi connectivity index (χ1v) is 10.9. The molecule has 158 valence electrons. The first-order valence-electron chi connectivity index (χ1n) is 10.4. The molecule has 0 unspecified atom stereocenters. The van der Waals surface area contributed by atoms with Crippen molar-refractivity contribution < 1.29 is 18.7 Å². The number of ether oxygens (including phenoxy) is 1. The van der Waals surface area contributed by atoms with Crippen molar-refractivity contribution in [2.45, 2.75) is 57.8 Å². The number of unbranched alkanes of at least 4 members (excludes halogenated alkanes) is 2. The number of carbonyl (C=O) groups excluding carboxylic acids is 2. The zero-order valence-corrected chi connectivity index (χ0v) is 17.7. The van der Waals surface area contributed by atoms with Gasteiger partial charge in [0.1, 0.15) is 6.54 Å². The van der Waals surface area contributed by atoms with Crippen LogP contribution in [0.5, 0.6) is 5.75 Å². The number of amides is 3. The van der Waals surface area contributed by atoms with Crippen molar-refractivity contribution in [3.63, 3.8) is 0 Å². The van der Waals surface area contributed by atoms with Gasteiger partial charge in [-0.25, -0.2) is 9.18 Å². The molecule has 5 nitrogen and oxygen atoms in total. The summed E-state index contributed by atoms with van der Waals surface area (Å²) < 4.78 is 19.6. The number of nitrogens with one attached hydrogen (secondary N) is 1. The molecule has 1 aromatic rings. The van der Waals surface area contributed by atoms with Crippen molar-refractivity contribution in [1.82, 2.24) is 10.2 Å². The molecule has 0 spiro atoms. The number of imide groups is 1. The summed E-state index contributed by atoms with van der Waals surface area (Å²) in [6.45, 7) is 3.46. The molecule has 29 heavy (non-hydrogen) atoms. The standard InChI is InChI=1S/C22H29FN2O3S/c1-15(17-8-9-19(23)20(12-17)28-14-16-6-7-16)11-18(29)5-3-2-4-10-25-13-21(26)24-22(25)27/h8-9,12,15-16H,2-7,10-11,13-14H2,1H3,(H,24,26,27)/t15-/m0/s1. The molecule has 1 atom stereocenters. The van der Waals surface area contributed by atoms with Crippen LogP contribution in [0.3, 0.4) is 0 Å². The number of benzene rings is 1. The second kappa shape index (κ2) is 10.1. The smallest absolute Gasteiger partial charge is 0.324 e. The van der Waals surface area contributed by atoms with Crippen LogP contribution in [0.15, 0.2) is 18.2 Å². The maximum Gasteiger partial charge on any atom is 0.324 e. The van der Waals surface area contributed by atoms with Crippen LogP contribution in [0.1, 0.15) is 63.4 Å². The third kappa shape index (κ3) is 6.77. The van der Waals surface area contributed by atoms with Gasteiger partial charge in [-0.15, -0.1) is 0 Å². The first-order chi connectivity index (χ1) is 13.9. The maximum absolute atomic E-state index is 14.0. The Kier molecular flexibility index (Phi) is 7.58. The molecule has 1 saturated carbocycles. The molecular weight excluding hydrogens is 391 g/mol. The van der Waals surface area contributed by atoms with E-state index in [9.17, 15) is 14.0 Å². The van der Waals surface area contributed by atoms with Gasteiger partial charge in [0, 0.05) is 6.54 Å². The molecule has 2 aliphatic rings. The van der Waals surface area contributed by atoms with Crippen molar-refractivity contribution in [3.8, 4) is 5.75 Å². The Morgan fingerprint density at radius 2 is 2.10 bits per heavy atom. The van der Waals surface area contributed by atoms with E-state index in [4.69, 9.17) is 17.0 Å². The third-order valence-electron chi connectivity index (χ3n) is 5.48. The lowest BCUT2D eigenvalue weighted by Crippen LogP contribution is -2.29. The Bertz CT molecular complexity index is 766. The molecule has 0 radical (unpaired) electrons. The minimum atomic E-state index is -0.308. The van der Waals surface area contributed by atoms with Gasteiger partial charge in [0.05, 0.1) is 6.61 Å². The maximum atomic E-state index is 14.0. The van der Waals surface area contributed by atoms with Gasteiger partial charge in [0.2, 0.25) is 5.91 Å². The highest BCUT2D eigenvalue weighted by atomic mass is 32.1. The Morgan fingerprint density at radius 1 is 1.31 bits per heavy atom. The van der Waals surface area contributed by atoms with Crippen LogP contribution in [0.25, 0.3) is 0 Å². The zero-order chi connectivity index (χ0) is 20.8. The monoisotopic (exact) mass is 420 g/mol. The van der Waals surface area contributed by atoms with E-state index in [1.165, 1.54) is 18.9 Å². The fourth-order valence-corrected chi connectivity index (χ4v) is 3.85. The number of nitrogens with zero attached hydrogens (tertiary/aromatic N) is 1. The molecule has 1 saturated heterocycles. The van der Waals surface area contributed by atoms with Gasteiger partial charge in [-0.2, -0.15) is 0 Å². The highest BCUT2D eigenvalue weighted by molar-refractivity contribution is 7.80. The van der Waals surface area contributed by atoms with Crippen LogP contribution in [0.2, 0.25) is 0 Å². The number of carbonyl (C=O) groups is 2. The molecular formula is C22H29FN2O3S. The van der Waals surface area contributed by atoms with Crippen LogP contribution in [-0.4, -0.2) is 41.4 Å². The first kappa shape index (κ1) is 21.7. The Morgan fingerprint density at radius 3 is 2.79 bits per heavy atom. The lowest BCUT2D eigenvalue weighted by Gasteiger charge is -2.15. The normalized spacial score (nSPS) is 17.4. The number of urea groups is 1. The Hall–Kier alpha value is -2.02. The van der Waals surface area contributed by atoms with E-state index in [2.05, 4.69) is 12.2 Å². The Balaban J connectivity index is 1.35. The van der Waals surface area contributed by atoms with Crippen LogP contribution in [-0.2, 0) is 4.79 Å². The average Bonchev–Trinajstić information content (AvgIpc) is 3.44. The quantitative estimate of drug-likeness (QED) is 0.305. The second-order valence-corrected chi connectivity index (χ2v) is 8.75. The van der Waals surface area contributed by atoms with Gasteiger partial charge in [-0.05, 0) is 72.9 Å². The summed E-state index contributed by atoms with van der Waals surface area (Å²) in [6, 6.07) is 4.82. The van der Waals surface area contributed by atoms with Gasteiger partial charge in [-0.1, -0.05) is 31.6 Å². The SMILES string of the molecule is C[C@@H](CC(=S)CCCCCN1CC(=O)NC1=O)c1ccc(F)c(OCC2CC2)c1. The lowest BCUT2D eigenvalue weighted by molar-refractivity contribution is -0.118. The highest BCUT2D eigenvalue weighted by Crippen LogP contribution is 2.32. The van der Waals surface area contributed by atoms with Crippen LogP contribution in [0.4, 0.5) is 9.18 Å². The van der Waals surface area contributed by atoms with Gasteiger partial charge in [0.25, 0.3) is 0 Å². The summed E-state index contributed by atoms with van der Waals surface area (Å²) in [4.78, 5) is 25.2. The second-order valence-electron chi connectivity index (χ2n) is 8.17. The molecule has 1 heterocycles. The van der Waals surface area contributed by atoms with Crippen molar-refractivity contribution in [1.29, 1.82) is 0 Å². The number of halogens is 1. The summed E-state index contributed by atoms with van der Waals surface area (Å²) in [5.41, 5.74) is 1.05. The minimum absolute atomic E-state index is 0.165. The minimum Gasteiger partial charge on any atom is -0.490 e. The predicted molar refractivity (Wildman–Crippen MR) is 114 cm³/mol. The molecule has 7 heteroatoms. The predicted octanol–water partition coefficient (Wildman–Crippen LogP) is 4.59. The summed E-state index contributed by atoms with van der Waals surface area (Å²) in [5.74, 6) is 0.607. The van der Waals surface area contributed by atoms with Crippen LogP contribution >= 0.6 is 12.2 Å². The van der Waals surface area contributed by atoms with E-state index in [0.29, 0.717) is 24.8 Å². The van der Waals surface area contributed by atoms with E-state index >= 15 is 0 Å². The molecule has 2 fully saturated rings. The van der Waals surface area contributed by atoms with E-state index in [1.807, 2.05) is 12.1 Å². The van der Waals surface area contributed by atoms with Gasteiger partial charge in [-0.3, -0.25) is 10.1 Å². The number of hydrogen-bond acceptors (Lipinski definition) is 4. The largest absolute Gasteiger partial charge is 0.490 e. The lowest BCUT2D eigenvalue weighted by atomic mass is 9.94. The van der Waals surface area contributed by atoms with Gasteiger partial charge >= 0.3 is 6.03 Å². The summed E-state index contributed by atoms with van der Waals surface area (Å²) in [5, 5.41) is 2.28. The topological polar surface area (TPSA) is 58.6 Å². The molecule has 3 amide bonds. The van der Waals surface area contributed by atoms with Gasteiger partial charge in [0.15, 0.2) is 11.6 Å². The summed E-state index contributed by atoms with van der Waals surface area (Å²) in [6.07, 6.45) is 6.78. The zero-order valence-electron chi connectivity index (χ0n) is 16.9. The number of thiocarbonyl (C=S) groups is 1. The van der Waals surface area contributed by atoms with E-state index in [0.717, 1.165) is 42.5 Å². The molecule has 1 aromatic carbocycles.